The summed E-state index contributed by atoms with van der Waals surface area (Å²) in [6, 6.07) is 36.4. The van der Waals surface area contributed by atoms with Crippen LogP contribution in [0.25, 0.3) is 0 Å². The van der Waals surface area contributed by atoms with Crippen LogP contribution in [0, 0.1) is 0 Å². The Morgan fingerprint density at radius 3 is 1.39 bits per heavy atom. The molecule has 0 spiro atoms. The van der Waals surface area contributed by atoms with Gasteiger partial charge < -0.3 is 0 Å². The molecule has 12 heteroatoms. The zero-order valence-corrected chi connectivity index (χ0v) is 23.0. The molecule has 0 aromatic heterocycles. The summed E-state index contributed by atoms with van der Waals surface area (Å²) in [5.74, 6) is 1.90. The fourth-order valence-corrected chi connectivity index (χ4v) is 13.8. The minimum absolute atomic E-state index is 0.307. The Bertz CT molecular complexity index is 1270. The second kappa shape index (κ2) is 10.6. The van der Waals surface area contributed by atoms with Gasteiger partial charge in [-0.2, -0.15) is 0 Å². The number of nitrogens with zero attached hydrogens (tertiary/aromatic N) is 2. The summed E-state index contributed by atoms with van der Waals surface area (Å²) >= 11 is 14.6. The van der Waals surface area contributed by atoms with Crippen molar-refractivity contribution in [3.63, 3.8) is 0 Å². The van der Waals surface area contributed by atoms with Gasteiger partial charge in [0.15, 0.2) is 0 Å². The van der Waals surface area contributed by atoms with E-state index in [1.165, 1.54) is 0 Å². The van der Waals surface area contributed by atoms with E-state index in [0.717, 1.165) is 3.96 Å². The maximum absolute atomic E-state index is 7.45. The molecule has 0 aliphatic carbocycles. The van der Waals surface area contributed by atoms with E-state index in [0.29, 0.717) is 23.0 Å². The first-order valence-electron chi connectivity index (χ1n) is 10.8. The van der Waals surface area contributed by atoms with Crippen LogP contribution in [-0.2, 0) is 0 Å². The van der Waals surface area contributed by atoms with E-state index in [4.69, 9.17) is 45.6 Å². The molecule has 0 amide bonds. The average Bonchev–Trinajstić information content (AvgIpc) is 2.90. The van der Waals surface area contributed by atoms with Gasteiger partial charge in [0.25, 0.3) is 0 Å². The summed E-state index contributed by atoms with van der Waals surface area (Å²) in [4.78, 5) is 3.16. The third-order valence-corrected chi connectivity index (χ3v) is 16.3. The number of para-hydroxylation sites is 4. The van der Waals surface area contributed by atoms with Crippen LogP contribution in [0.1, 0.15) is 0 Å². The van der Waals surface area contributed by atoms with Crippen LogP contribution in [0.2, 0.25) is 0 Å². The predicted molar refractivity (Wildman–Crippen MR) is 150 cm³/mol. The summed E-state index contributed by atoms with van der Waals surface area (Å²) in [7, 11) is -3.84. The molecule has 1 unspecified atom stereocenters. The Morgan fingerprint density at radius 1 is 0.639 bits per heavy atom. The van der Waals surface area contributed by atoms with Gasteiger partial charge in [-0.3, -0.25) is 0 Å². The first-order chi connectivity index (χ1) is 17.5. The molecule has 4 aromatic carbocycles. The molecule has 7 nitrogen and oxygen atoms in total. The summed E-state index contributed by atoms with van der Waals surface area (Å²) in [5.41, 5.74) is 0. The number of hydrogen-bond acceptors (Lipinski definition) is 7. The van der Waals surface area contributed by atoms with Crippen molar-refractivity contribution in [3.05, 3.63) is 121 Å². The van der Waals surface area contributed by atoms with Crippen molar-refractivity contribution in [1.29, 1.82) is 0 Å². The molecular weight excluding hydrogens is 558 g/mol. The molecule has 5 rings (SSSR count). The fourth-order valence-electron chi connectivity index (χ4n) is 3.26. The van der Waals surface area contributed by atoms with E-state index < -0.39 is 14.4 Å². The standard InChI is InChI=1S/C24H22Cl2N3O4P3/c25-29-35(30-21-13-5-1-6-14-21,31-22-15-7-2-8-16-22)27-34-28-36(29,26,32-23-17-9-3-10-18-23)33-24-19-11-4-12-20-24/h1-20,28,34H. The zero-order chi connectivity index (χ0) is 24.9. The molecule has 186 valence electrons. The van der Waals surface area contributed by atoms with Crippen molar-refractivity contribution in [2.75, 3.05) is 0 Å². The van der Waals surface area contributed by atoms with E-state index in [9.17, 15) is 0 Å². The Hall–Kier alpha value is -2.33. The molecular formula is C24H22Cl2N3O4P3. The minimum atomic E-state index is -4.69. The molecule has 0 saturated heterocycles. The van der Waals surface area contributed by atoms with E-state index in [-0.39, 0.29) is 8.88 Å². The normalized spacial score (nSPS) is 19.7. The van der Waals surface area contributed by atoms with Crippen LogP contribution >= 0.6 is 46.3 Å². The average molecular weight is 580 g/mol. The molecule has 36 heavy (non-hydrogen) atoms. The molecule has 0 saturated carbocycles. The summed E-state index contributed by atoms with van der Waals surface area (Å²) in [6.07, 6.45) is 0. The van der Waals surface area contributed by atoms with Gasteiger partial charge >= 0.3 is 222 Å². The quantitative estimate of drug-likeness (QED) is 0.166. The van der Waals surface area contributed by atoms with E-state index in [2.05, 4.69) is 4.86 Å². The first kappa shape index (κ1) is 25.3. The van der Waals surface area contributed by atoms with Gasteiger partial charge in [0.2, 0.25) is 0 Å². The molecule has 4 aromatic rings. The summed E-state index contributed by atoms with van der Waals surface area (Å²) in [6.45, 7) is -4.69. The van der Waals surface area contributed by atoms with E-state index in [1.54, 1.807) is 48.5 Å². The SMILES string of the molecule is ClN1P(Oc2ccccc2)(Oc2ccccc2)=NPNP1(Cl)(Oc1ccccc1)Oc1ccccc1. The van der Waals surface area contributed by atoms with Gasteiger partial charge in [-0.1, -0.05) is 0 Å². The van der Waals surface area contributed by atoms with Crippen LogP contribution in [-0.4, -0.2) is 3.96 Å². The zero-order valence-electron chi connectivity index (χ0n) is 18.7. The summed E-state index contributed by atoms with van der Waals surface area (Å²) in [5, 5.41) is 0. The van der Waals surface area contributed by atoms with Crippen LogP contribution < -0.4 is 23.0 Å². The third-order valence-electron chi connectivity index (χ3n) is 4.85. The Morgan fingerprint density at radius 2 is 1.00 bits per heavy atom. The van der Waals surface area contributed by atoms with Crippen molar-refractivity contribution in [2.45, 2.75) is 0 Å². The molecule has 1 heterocycles. The van der Waals surface area contributed by atoms with Gasteiger partial charge in [0, 0.05) is 0 Å². The molecule has 0 bridgehead atoms. The Kier molecular flexibility index (Phi) is 7.44. The Balaban J connectivity index is 1.65. The van der Waals surface area contributed by atoms with Crippen LogP contribution in [0.4, 0.5) is 0 Å². The number of hydrogen-bond donors (Lipinski definition) is 1. The summed E-state index contributed by atoms with van der Waals surface area (Å²) < 4.78 is 31.6. The van der Waals surface area contributed by atoms with Gasteiger partial charge in [-0.25, -0.2) is 0 Å². The van der Waals surface area contributed by atoms with Crippen molar-refractivity contribution in [3.8, 4) is 23.0 Å². The van der Waals surface area contributed by atoms with Gasteiger partial charge in [-0.05, 0) is 0 Å². The molecule has 0 radical (unpaired) electrons. The van der Waals surface area contributed by atoms with Gasteiger partial charge in [-0.15, -0.1) is 0 Å². The molecule has 1 aliphatic rings. The van der Waals surface area contributed by atoms with Crippen LogP contribution in [0.3, 0.4) is 0 Å². The van der Waals surface area contributed by atoms with Gasteiger partial charge in [0.05, 0.1) is 0 Å². The Labute approximate surface area is 221 Å². The molecule has 0 fully saturated rings. The van der Waals surface area contributed by atoms with E-state index in [1.807, 2.05) is 72.8 Å². The number of halogens is 2. The number of benzene rings is 4. The fraction of sp³-hybridized carbons (Fsp3) is 0. The van der Waals surface area contributed by atoms with Crippen molar-refractivity contribution < 1.29 is 18.1 Å². The van der Waals surface area contributed by atoms with E-state index >= 15 is 0 Å². The maximum atomic E-state index is 7.45. The van der Waals surface area contributed by atoms with Crippen molar-refractivity contribution in [2.24, 2.45) is 4.52 Å². The van der Waals surface area contributed by atoms with Crippen LogP contribution in [0.5, 0.6) is 23.0 Å². The number of rotatable bonds is 8. The second-order valence-corrected chi connectivity index (χ2v) is 16.5. The topological polar surface area (TPSA) is 64.6 Å². The van der Waals surface area contributed by atoms with Crippen LogP contribution in [0.15, 0.2) is 126 Å². The third kappa shape index (κ3) is 5.34. The van der Waals surface area contributed by atoms with Gasteiger partial charge in [0.1, 0.15) is 0 Å². The predicted octanol–water partition coefficient (Wildman–Crippen LogP) is 9.18. The molecule has 1 atom stereocenters. The first-order valence-corrected chi connectivity index (χ1v) is 16.6. The number of nitrogens with one attached hydrogen (secondary N) is 1. The van der Waals surface area contributed by atoms with Crippen molar-refractivity contribution in [1.82, 2.24) is 8.82 Å². The monoisotopic (exact) mass is 579 g/mol. The second-order valence-electron chi connectivity index (χ2n) is 7.49. The van der Waals surface area contributed by atoms with Crippen molar-refractivity contribution >= 4 is 46.3 Å². The molecule has 1 aliphatic heterocycles. The molecule has 1 N–H and O–H groups in total.